The van der Waals surface area contributed by atoms with Gasteiger partial charge in [-0.2, -0.15) is 0 Å². The highest BCUT2D eigenvalue weighted by atomic mass is 16.7. The minimum absolute atomic E-state index is 0.816. The maximum Gasteiger partial charge on any atom is 0.464 e. The molecule has 3 rings (SSSR count). The van der Waals surface area contributed by atoms with Gasteiger partial charge < -0.3 is 4.84 Å². The molecule has 2 aliphatic carbocycles. The van der Waals surface area contributed by atoms with E-state index < -0.39 is 0 Å². The van der Waals surface area contributed by atoms with Crippen molar-refractivity contribution in [1.29, 1.82) is 0 Å². The van der Waals surface area contributed by atoms with Crippen LogP contribution in [0, 0.1) is 23.7 Å². The number of hydroxylamine groups is 2. The van der Waals surface area contributed by atoms with Crippen LogP contribution in [0.5, 0.6) is 0 Å². The van der Waals surface area contributed by atoms with Gasteiger partial charge in [-0.15, -0.1) is 5.06 Å². The average molecular weight is 250 g/mol. The van der Waals surface area contributed by atoms with Gasteiger partial charge in [-0.1, -0.05) is 12.2 Å². The topological polar surface area (TPSA) is 18.7 Å². The molecule has 0 radical (unpaired) electrons. The molecule has 1 saturated heterocycles. The third kappa shape index (κ3) is 1.83. The van der Waals surface area contributed by atoms with E-state index in [1.54, 1.807) is 0 Å². The number of allylic oxidation sites excluding steroid dienone is 2. The quantitative estimate of drug-likeness (QED) is 0.298. The Hall–Kier alpha value is -1.03. The van der Waals surface area contributed by atoms with Crippen LogP contribution in [-0.2, 0) is 4.84 Å². The van der Waals surface area contributed by atoms with Gasteiger partial charge in [0, 0.05) is 13.1 Å². The summed E-state index contributed by atoms with van der Waals surface area (Å²) in [5.41, 5.74) is 0. The maximum atomic E-state index is 6.07. The first kappa shape index (κ1) is 12.0. The summed E-state index contributed by atoms with van der Waals surface area (Å²) in [6, 6.07) is 0.912. The Morgan fingerprint density at radius 3 is 2.17 bits per heavy atom. The SMILES string of the molecule is CN(C)C(ON1C[C@@H]2[C@H](C1)[C@@H]1C=C[C@@H]2C1)=[N+](C)C. The molecule has 3 aliphatic rings. The van der Waals surface area contributed by atoms with Gasteiger partial charge in [0.25, 0.3) is 0 Å². The molecule has 2 bridgehead atoms. The second-order valence-electron chi connectivity index (χ2n) is 6.29. The van der Waals surface area contributed by atoms with Gasteiger partial charge in [-0.25, -0.2) is 9.48 Å². The van der Waals surface area contributed by atoms with E-state index >= 15 is 0 Å². The van der Waals surface area contributed by atoms with Crippen LogP contribution >= 0.6 is 0 Å². The predicted octanol–water partition coefficient (Wildman–Crippen LogP) is 0.862. The fraction of sp³-hybridized carbons (Fsp3) is 0.786. The molecule has 2 fully saturated rings. The highest BCUT2D eigenvalue weighted by molar-refractivity contribution is 5.67. The van der Waals surface area contributed by atoms with E-state index in [9.17, 15) is 0 Å². The molecule has 0 aromatic rings. The van der Waals surface area contributed by atoms with Crippen molar-refractivity contribution >= 4 is 6.02 Å². The van der Waals surface area contributed by atoms with E-state index in [0.29, 0.717) is 0 Å². The summed E-state index contributed by atoms with van der Waals surface area (Å²) in [7, 11) is 8.10. The third-order valence-corrected chi connectivity index (χ3v) is 4.60. The standard InChI is InChI=1S/C14H24N3O/c1-15(2)14(16(3)4)18-17-8-12-10-5-6-11(7-10)13(12)9-17/h5-6,10-13H,7-9H2,1-4H3/q+1/t10-,11-,12-,13+/m1/s1. The Labute approximate surface area is 109 Å². The molecule has 4 heteroatoms. The zero-order chi connectivity index (χ0) is 12.9. The van der Waals surface area contributed by atoms with Crippen molar-refractivity contribution in [2.24, 2.45) is 23.7 Å². The zero-order valence-corrected chi connectivity index (χ0v) is 11.8. The van der Waals surface area contributed by atoms with E-state index in [1.165, 1.54) is 6.42 Å². The molecule has 1 aliphatic heterocycles. The predicted molar refractivity (Wildman–Crippen MR) is 71.2 cm³/mol. The molecule has 1 saturated carbocycles. The fourth-order valence-electron chi connectivity index (χ4n) is 3.87. The second kappa shape index (κ2) is 4.26. The van der Waals surface area contributed by atoms with Gasteiger partial charge in [0.05, 0.1) is 28.2 Å². The minimum Gasteiger partial charge on any atom is -0.332 e. The van der Waals surface area contributed by atoms with Crippen molar-refractivity contribution < 1.29 is 9.41 Å². The molecule has 1 heterocycles. The van der Waals surface area contributed by atoms with Crippen molar-refractivity contribution in [2.75, 3.05) is 41.3 Å². The number of hydrogen-bond donors (Lipinski definition) is 0. The van der Waals surface area contributed by atoms with Gasteiger partial charge in [0.1, 0.15) is 0 Å². The van der Waals surface area contributed by atoms with E-state index in [4.69, 9.17) is 4.84 Å². The summed E-state index contributed by atoms with van der Waals surface area (Å²) in [6.07, 6.45) is 6.25. The van der Waals surface area contributed by atoms with Crippen molar-refractivity contribution in [3.8, 4) is 0 Å². The van der Waals surface area contributed by atoms with Crippen LogP contribution in [0.4, 0.5) is 0 Å². The van der Waals surface area contributed by atoms with Crippen molar-refractivity contribution in [2.45, 2.75) is 6.42 Å². The van der Waals surface area contributed by atoms with Crippen LogP contribution in [0.15, 0.2) is 12.2 Å². The fourth-order valence-corrected chi connectivity index (χ4v) is 3.87. The lowest BCUT2D eigenvalue weighted by molar-refractivity contribution is -0.486. The molecule has 0 amide bonds. The Morgan fingerprint density at radius 2 is 1.72 bits per heavy atom. The van der Waals surface area contributed by atoms with Crippen molar-refractivity contribution in [3.05, 3.63) is 12.2 Å². The van der Waals surface area contributed by atoms with Gasteiger partial charge in [-0.3, -0.25) is 0 Å². The lowest BCUT2D eigenvalue weighted by Crippen LogP contribution is -2.38. The van der Waals surface area contributed by atoms with E-state index in [0.717, 1.165) is 42.8 Å². The Kier molecular flexibility index (Phi) is 2.85. The lowest BCUT2D eigenvalue weighted by atomic mass is 9.86. The van der Waals surface area contributed by atoms with Gasteiger partial charge >= 0.3 is 6.02 Å². The highest BCUT2D eigenvalue weighted by Gasteiger charge is 2.50. The molecule has 18 heavy (non-hydrogen) atoms. The van der Waals surface area contributed by atoms with E-state index in [1.807, 2.05) is 37.7 Å². The molecule has 0 unspecified atom stereocenters. The Bertz CT molecular complexity index is 378. The molecular formula is C14H24N3O+. The number of hydrogen-bond acceptors (Lipinski definition) is 2. The lowest BCUT2D eigenvalue weighted by Gasteiger charge is -2.20. The molecular weight excluding hydrogens is 226 g/mol. The van der Waals surface area contributed by atoms with Crippen LogP contribution in [0.2, 0.25) is 0 Å². The number of rotatable bonds is 1. The first-order valence-electron chi connectivity index (χ1n) is 6.89. The largest absolute Gasteiger partial charge is 0.464 e. The van der Waals surface area contributed by atoms with Gasteiger partial charge in [0.15, 0.2) is 0 Å². The number of nitrogens with zero attached hydrogens (tertiary/aromatic N) is 3. The maximum absolute atomic E-state index is 6.07. The monoisotopic (exact) mass is 250 g/mol. The van der Waals surface area contributed by atoms with Crippen LogP contribution in [0.1, 0.15) is 6.42 Å². The minimum atomic E-state index is 0.816. The summed E-state index contributed by atoms with van der Waals surface area (Å²) < 4.78 is 2.03. The molecule has 0 aromatic heterocycles. The molecule has 4 atom stereocenters. The molecule has 0 spiro atoms. The van der Waals surface area contributed by atoms with Crippen LogP contribution in [0.3, 0.4) is 0 Å². The number of amidine groups is 1. The average Bonchev–Trinajstić information content (AvgIpc) is 2.96. The summed E-state index contributed by atoms with van der Waals surface area (Å²) in [5.74, 6) is 3.28. The van der Waals surface area contributed by atoms with Crippen LogP contribution in [0.25, 0.3) is 0 Å². The molecule has 0 N–H and O–H groups in total. The smallest absolute Gasteiger partial charge is 0.332 e. The third-order valence-electron chi connectivity index (χ3n) is 4.60. The van der Waals surface area contributed by atoms with Gasteiger partial charge in [0.2, 0.25) is 0 Å². The van der Waals surface area contributed by atoms with Crippen LogP contribution in [-0.4, -0.2) is 61.8 Å². The summed E-state index contributed by atoms with van der Waals surface area (Å²) in [5, 5.41) is 2.16. The van der Waals surface area contributed by atoms with Crippen molar-refractivity contribution in [1.82, 2.24) is 9.96 Å². The van der Waals surface area contributed by atoms with E-state index in [-0.39, 0.29) is 0 Å². The summed E-state index contributed by atoms with van der Waals surface area (Å²) in [6.45, 7) is 2.17. The van der Waals surface area contributed by atoms with Crippen molar-refractivity contribution in [3.63, 3.8) is 0 Å². The van der Waals surface area contributed by atoms with Gasteiger partial charge in [-0.05, 0) is 30.1 Å². The molecule has 100 valence electrons. The molecule has 0 aromatic carbocycles. The zero-order valence-electron chi connectivity index (χ0n) is 11.8. The Morgan fingerprint density at radius 1 is 1.17 bits per heavy atom. The highest BCUT2D eigenvalue weighted by Crippen LogP contribution is 2.51. The summed E-state index contributed by atoms with van der Waals surface area (Å²) in [4.78, 5) is 8.10. The van der Waals surface area contributed by atoms with E-state index in [2.05, 4.69) is 17.2 Å². The number of fused-ring (bicyclic) bond motifs is 5. The second-order valence-corrected chi connectivity index (χ2v) is 6.29. The first-order valence-corrected chi connectivity index (χ1v) is 6.89. The first-order chi connectivity index (χ1) is 8.56. The Balaban J connectivity index is 1.66. The molecule has 4 nitrogen and oxygen atoms in total. The summed E-state index contributed by atoms with van der Waals surface area (Å²) >= 11 is 0. The normalized spacial score (nSPS) is 36.9. The van der Waals surface area contributed by atoms with Crippen LogP contribution < -0.4 is 0 Å².